The first-order valence-corrected chi connectivity index (χ1v) is 4.89. The van der Waals surface area contributed by atoms with E-state index >= 15 is 0 Å². The van der Waals surface area contributed by atoms with Crippen molar-refractivity contribution in [3.8, 4) is 5.75 Å². The van der Waals surface area contributed by atoms with E-state index in [4.69, 9.17) is 10.2 Å². The number of halogens is 3. The molecule has 0 saturated carbocycles. The quantitative estimate of drug-likeness (QED) is 0.835. The van der Waals surface area contributed by atoms with Gasteiger partial charge in [0.15, 0.2) is 5.69 Å². The van der Waals surface area contributed by atoms with Crippen LogP contribution in [-0.4, -0.2) is 21.2 Å². The number of carboxylic acids is 1. The van der Waals surface area contributed by atoms with Gasteiger partial charge in [-0.2, -0.15) is 0 Å². The Balaban J connectivity index is 3.47. The summed E-state index contributed by atoms with van der Waals surface area (Å²) < 4.78 is 25.0. The fourth-order valence-electron chi connectivity index (χ4n) is 1.12. The standard InChI is InChI=1S/C8H6BrF2NO3/c9-1-3-5(7(10)11)4(13)2-12-6(3)8(14)15/h2,7,13H,1H2,(H,14,15). The zero-order valence-corrected chi connectivity index (χ0v) is 8.83. The molecule has 4 nitrogen and oxygen atoms in total. The molecule has 0 aliphatic carbocycles. The van der Waals surface area contributed by atoms with Gasteiger partial charge in [-0.25, -0.2) is 18.6 Å². The van der Waals surface area contributed by atoms with Gasteiger partial charge >= 0.3 is 5.97 Å². The van der Waals surface area contributed by atoms with Gasteiger partial charge in [-0.15, -0.1) is 0 Å². The van der Waals surface area contributed by atoms with Crippen molar-refractivity contribution in [1.82, 2.24) is 4.98 Å². The van der Waals surface area contributed by atoms with Crippen molar-refractivity contribution in [2.75, 3.05) is 0 Å². The molecule has 0 aromatic carbocycles. The van der Waals surface area contributed by atoms with Crippen molar-refractivity contribution in [1.29, 1.82) is 0 Å². The molecular weight excluding hydrogens is 276 g/mol. The zero-order chi connectivity index (χ0) is 11.6. The van der Waals surface area contributed by atoms with Crippen molar-refractivity contribution >= 4 is 21.9 Å². The molecule has 15 heavy (non-hydrogen) atoms. The molecule has 1 rings (SSSR count). The minimum Gasteiger partial charge on any atom is -0.506 e. The Bertz CT molecular complexity index is 398. The lowest BCUT2D eigenvalue weighted by Gasteiger charge is -2.10. The van der Waals surface area contributed by atoms with Gasteiger partial charge in [-0.3, -0.25) is 0 Å². The van der Waals surface area contributed by atoms with Crippen LogP contribution in [0.5, 0.6) is 5.75 Å². The van der Waals surface area contributed by atoms with Crippen LogP contribution in [0.15, 0.2) is 6.20 Å². The summed E-state index contributed by atoms with van der Waals surface area (Å²) in [7, 11) is 0. The number of aromatic nitrogens is 1. The number of carboxylic acid groups (broad SMARTS) is 1. The Hall–Kier alpha value is -1.24. The van der Waals surface area contributed by atoms with E-state index in [1.807, 2.05) is 0 Å². The summed E-state index contributed by atoms with van der Waals surface area (Å²) in [6, 6.07) is 0. The van der Waals surface area contributed by atoms with Crippen LogP contribution in [0.25, 0.3) is 0 Å². The highest BCUT2D eigenvalue weighted by Crippen LogP contribution is 2.33. The Labute approximate surface area is 91.7 Å². The number of hydrogen-bond donors (Lipinski definition) is 2. The molecule has 1 aromatic heterocycles. The summed E-state index contributed by atoms with van der Waals surface area (Å²) in [5, 5.41) is 17.7. The Morgan fingerprint density at radius 2 is 2.20 bits per heavy atom. The first-order chi connectivity index (χ1) is 6.99. The van der Waals surface area contributed by atoms with Crippen molar-refractivity contribution in [3.05, 3.63) is 23.0 Å². The predicted molar refractivity (Wildman–Crippen MR) is 50.4 cm³/mol. The molecule has 0 fully saturated rings. The van der Waals surface area contributed by atoms with Crippen LogP contribution in [0.2, 0.25) is 0 Å². The highest BCUT2D eigenvalue weighted by atomic mass is 79.9. The lowest BCUT2D eigenvalue weighted by Crippen LogP contribution is -2.08. The summed E-state index contributed by atoms with van der Waals surface area (Å²) in [4.78, 5) is 14.0. The van der Waals surface area contributed by atoms with E-state index in [9.17, 15) is 13.6 Å². The number of pyridine rings is 1. The molecule has 0 unspecified atom stereocenters. The third kappa shape index (κ3) is 2.23. The molecule has 1 heterocycles. The fourth-order valence-corrected chi connectivity index (χ4v) is 1.69. The maximum atomic E-state index is 12.5. The number of aromatic hydroxyl groups is 1. The Morgan fingerprint density at radius 1 is 1.60 bits per heavy atom. The van der Waals surface area contributed by atoms with Gasteiger partial charge in [-0.1, -0.05) is 15.9 Å². The van der Waals surface area contributed by atoms with Crippen LogP contribution in [0.3, 0.4) is 0 Å². The van der Waals surface area contributed by atoms with Crippen molar-refractivity contribution in [2.24, 2.45) is 0 Å². The average molecular weight is 282 g/mol. The highest BCUT2D eigenvalue weighted by molar-refractivity contribution is 9.08. The molecule has 0 aliphatic rings. The normalized spacial score (nSPS) is 10.7. The number of aromatic carboxylic acids is 1. The first kappa shape index (κ1) is 11.8. The molecule has 1 aromatic rings. The average Bonchev–Trinajstić information content (AvgIpc) is 2.15. The van der Waals surface area contributed by atoms with Gasteiger partial charge in [-0.05, 0) is 0 Å². The van der Waals surface area contributed by atoms with Crippen LogP contribution in [0.4, 0.5) is 8.78 Å². The molecule has 0 saturated heterocycles. The first-order valence-electron chi connectivity index (χ1n) is 3.77. The van der Waals surface area contributed by atoms with Gasteiger partial charge in [0.2, 0.25) is 0 Å². The second kappa shape index (κ2) is 4.52. The third-order valence-corrected chi connectivity index (χ3v) is 2.32. The zero-order valence-electron chi connectivity index (χ0n) is 7.25. The molecular formula is C8H6BrF2NO3. The molecule has 82 valence electrons. The minimum atomic E-state index is -2.95. The number of hydrogen-bond acceptors (Lipinski definition) is 3. The van der Waals surface area contributed by atoms with Crippen molar-refractivity contribution in [3.63, 3.8) is 0 Å². The van der Waals surface area contributed by atoms with E-state index in [-0.39, 0.29) is 10.9 Å². The molecule has 7 heteroatoms. The topological polar surface area (TPSA) is 70.4 Å². The molecule has 2 N–H and O–H groups in total. The Morgan fingerprint density at radius 3 is 2.60 bits per heavy atom. The van der Waals surface area contributed by atoms with E-state index in [0.717, 1.165) is 0 Å². The van der Waals surface area contributed by atoms with Gasteiger partial charge < -0.3 is 10.2 Å². The smallest absolute Gasteiger partial charge is 0.354 e. The number of alkyl halides is 3. The third-order valence-electron chi connectivity index (χ3n) is 1.76. The monoisotopic (exact) mass is 281 g/mol. The fraction of sp³-hybridized carbons (Fsp3) is 0.250. The minimum absolute atomic E-state index is 0.115. The number of rotatable bonds is 3. The molecule has 0 atom stereocenters. The summed E-state index contributed by atoms with van der Waals surface area (Å²) in [6.45, 7) is 0. The van der Waals surface area contributed by atoms with E-state index in [1.165, 1.54) is 0 Å². The molecule has 0 aliphatic heterocycles. The van der Waals surface area contributed by atoms with Gasteiger partial charge in [0.1, 0.15) is 5.75 Å². The van der Waals surface area contributed by atoms with Crippen LogP contribution in [0.1, 0.15) is 28.0 Å². The van der Waals surface area contributed by atoms with E-state index < -0.39 is 29.4 Å². The largest absolute Gasteiger partial charge is 0.506 e. The van der Waals surface area contributed by atoms with Gasteiger partial charge in [0.25, 0.3) is 6.43 Å². The summed E-state index contributed by atoms with van der Waals surface area (Å²) in [6.07, 6.45) is -2.24. The number of carbonyl (C=O) groups is 1. The van der Waals surface area contributed by atoms with Gasteiger partial charge in [0, 0.05) is 10.9 Å². The molecule has 0 spiro atoms. The second-order valence-corrected chi connectivity index (χ2v) is 3.18. The lowest BCUT2D eigenvalue weighted by molar-refractivity contribution is 0.0688. The maximum Gasteiger partial charge on any atom is 0.354 e. The second-order valence-electron chi connectivity index (χ2n) is 2.62. The van der Waals surface area contributed by atoms with Crippen LogP contribution >= 0.6 is 15.9 Å². The maximum absolute atomic E-state index is 12.5. The number of nitrogens with zero attached hydrogens (tertiary/aromatic N) is 1. The van der Waals surface area contributed by atoms with Crippen molar-refractivity contribution in [2.45, 2.75) is 11.8 Å². The van der Waals surface area contributed by atoms with Crippen LogP contribution in [-0.2, 0) is 5.33 Å². The summed E-state index contributed by atoms with van der Waals surface area (Å²) in [5.74, 6) is -2.12. The van der Waals surface area contributed by atoms with Crippen molar-refractivity contribution < 1.29 is 23.8 Å². The molecule has 0 amide bonds. The summed E-state index contributed by atoms with van der Waals surface area (Å²) >= 11 is 2.88. The van der Waals surface area contributed by atoms with E-state index in [2.05, 4.69) is 20.9 Å². The molecule has 0 bridgehead atoms. The van der Waals surface area contributed by atoms with E-state index in [0.29, 0.717) is 6.20 Å². The van der Waals surface area contributed by atoms with Gasteiger partial charge in [0.05, 0.1) is 11.8 Å². The molecule has 0 radical (unpaired) electrons. The highest BCUT2D eigenvalue weighted by Gasteiger charge is 2.23. The predicted octanol–water partition coefficient (Wildman–Crippen LogP) is 2.32. The van der Waals surface area contributed by atoms with Crippen LogP contribution < -0.4 is 0 Å². The summed E-state index contributed by atoms with van der Waals surface area (Å²) in [5.41, 5.74) is -1.39. The van der Waals surface area contributed by atoms with Crippen LogP contribution in [0, 0.1) is 0 Å². The SMILES string of the molecule is O=C(O)c1ncc(O)c(C(F)F)c1CBr. The lowest BCUT2D eigenvalue weighted by atomic mass is 10.1. The Kier molecular flexibility index (Phi) is 3.57. The van der Waals surface area contributed by atoms with E-state index in [1.54, 1.807) is 0 Å².